The summed E-state index contributed by atoms with van der Waals surface area (Å²) in [4.78, 5) is 0. The molecular weight excluding hydrogens is 210 g/mol. The van der Waals surface area contributed by atoms with Gasteiger partial charge < -0.3 is 10.1 Å². The quantitative estimate of drug-likeness (QED) is 0.844. The lowest BCUT2D eigenvalue weighted by Gasteiger charge is -2.45. The lowest BCUT2D eigenvalue weighted by molar-refractivity contribution is 0.164. The van der Waals surface area contributed by atoms with Gasteiger partial charge in [0.25, 0.3) is 0 Å². The second kappa shape index (κ2) is 4.34. The van der Waals surface area contributed by atoms with Crippen LogP contribution in [0.1, 0.15) is 45.6 Å². The van der Waals surface area contributed by atoms with Crippen molar-refractivity contribution in [2.75, 3.05) is 7.11 Å². The van der Waals surface area contributed by atoms with Crippen molar-refractivity contribution in [3.63, 3.8) is 0 Å². The minimum absolute atomic E-state index is 0.0222. The van der Waals surface area contributed by atoms with Gasteiger partial charge in [-0.15, -0.1) is 0 Å². The van der Waals surface area contributed by atoms with Crippen molar-refractivity contribution in [2.24, 2.45) is 0 Å². The third-order valence-corrected chi connectivity index (χ3v) is 3.79. The van der Waals surface area contributed by atoms with Gasteiger partial charge in [-0.25, -0.2) is 0 Å². The molecule has 1 atom stereocenters. The average molecular weight is 233 g/mol. The van der Waals surface area contributed by atoms with E-state index in [0.717, 1.165) is 12.2 Å². The molecule has 1 heterocycles. The van der Waals surface area contributed by atoms with Crippen molar-refractivity contribution < 1.29 is 4.74 Å². The Bertz CT molecular complexity index is 400. The molecule has 0 spiro atoms. The molecule has 2 nitrogen and oxygen atoms in total. The zero-order chi connectivity index (χ0) is 12.5. The highest BCUT2D eigenvalue weighted by atomic mass is 16.5. The van der Waals surface area contributed by atoms with Crippen LogP contribution < -0.4 is 10.1 Å². The maximum Gasteiger partial charge on any atom is 0.123 e. The summed E-state index contributed by atoms with van der Waals surface area (Å²) in [6, 6.07) is 8.34. The lowest BCUT2D eigenvalue weighted by atomic mass is 9.77. The molecule has 1 unspecified atom stereocenters. The number of nitrogens with one attached hydrogen (secondary N) is 1. The molecule has 0 radical (unpaired) electrons. The van der Waals surface area contributed by atoms with Crippen LogP contribution in [0.25, 0.3) is 0 Å². The summed E-state index contributed by atoms with van der Waals surface area (Å²) in [7, 11) is 1.75. The maximum absolute atomic E-state index is 5.49. The maximum atomic E-state index is 5.49. The standard InChI is InChI=1S/C15H23NO/c1-14(2)10-7-11-15(3,16-14)12-8-5-6-9-13(12)17-4/h5-6,8-9,16H,7,10-11H2,1-4H3. The first-order chi connectivity index (χ1) is 7.97. The summed E-state index contributed by atoms with van der Waals surface area (Å²) in [5, 5.41) is 3.78. The topological polar surface area (TPSA) is 21.3 Å². The summed E-state index contributed by atoms with van der Waals surface area (Å²) in [5.41, 5.74) is 1.50. The zero-order valence-electron chi connectivity index (χ0n) is 11.3. The Morgan fingerprint density at radius 3 is 2.47 bits per heavy atom. The first kappa shape index (κ1) is 12.4. The summed E-state index contributed by atoms with van der Waals surface area (Å²) < 4.78 is 5.49. The van der Waals surface area contributed by atoms with Crippen molar-refractivity contribution in [2.45, 2.75) is 51.1 Å². The number of hydrogen-bond acceptors (Lipinski definition) is 2. The Kier molecular flexibility index (Phi) is 3.17. The highest BCUT2D eigenvalue weighted by molar-refractivity contribution is 5.39. The van der Waals surface area contributed by atoms with Gasteiger partial charge in [-0.1, -0.05) is 18.2 Å². The van der Waals surface area contributed by atoms with Crippen LogP contribution >= 0.6 is 0 Å². The number of methoxy groups -OCH3 is 1. The third kappa shape index (κ3) is 2.47. The lowest BCUT2D eigenvalue weighted by Crippen LogP contribution is -2.55. The number of rotatable bonds is 2. The molecule has 2 heteroatoms. The molecule has 0 aliphatic carbocycles. The molecule has 2 rings (SSSR count). The summed E-state index contributed by atoms with van der Waals surface area (Å²) in [5.74, 6) is 0.986. The molecule has 1 N–H and O–H groups in total. The van der Waals surface area contributed by atoms with Crippen molar-refractivity contribution in [1.82, 2.24) is 5.32 Å². The van der Waals surface area contributed by atoms with Crippen molar-refractivity contribution in [3.05, 3.63) is 29.8 Å². The third-order valence-electron chi connectivity index (χ3n) is 3.79. The fourth-order valence-electron chi connectivity index (χ4n) is 3.06. The minimum atomic E-state index is 0.0222. The van der Waals surface area contributed by atoms with Gasteiger partial charge in [0.05, 0.1) is 7.11 Å². The molecule has 0 aromatic heterocycles. The van der Waals surface area contributed by atoms with E-state index in [1.807, 2.05) is 12.1 Å². The fraction of sp³-hybridized carbons (Fsp3) is 0.600. The second-order valence-electron chi connectivity index (χ2n) is 5.89. The molecule has 1 aromatic carbocycles. The van der Waals surface area contributed by atoms with Gasteiger partial charge in [-0.05, 0) is 46.1 Å². The van der Waals surface area contributed by atoms with Crippen LogP contribution in [0.2, 0.25) is 0 Å². The highest BCUT2D eigenvalue weighted by Gasteiger charge is 2.38. The van der Waals surface area contributed by atoms with E-state index in [9.17, 15) is 0 Å². The fourth-order valence-corrected chi connectivity index (χ4v) is 3.06. The Balaban J connectivity index is 2.37. The number of benzene rings is 1. The molecule has 94 valence electrons. The van der Waals surface area contributed by atoms with Crippen LogP contribution in [-0.4, -0.2) is 12.6 Å². The van der Waals surface area contributed by atoms with Gasteiger partial charge in [0.1, 0.15) is 5.75 Å². The van der Waals surface area contributed by atoms with E-state index < -0.39 is 0 Å². The van der Waals surface area contributed by atoms with Crippen LogP contribution in [-0.2, 0) is 5.54 Å². The van der Waals surface area contributed by atoms with E-state index >= 15 is 0 Å². The van der Waals surface area contributed by atoms with Gasteiger partial charge in [0, 0.05) is 16.6 Å². The Morgan fingerprint density at radius 1 is 1.12 bits per heavy atom. The molecule has 1 aliphatic rings. The molecule has 1 aliphatic heterocycles. The molecule has 1 aromatic rings. The molecule has 0 amide bonds. The van der Waals surface area contributed by atoms with Gasteiger partial charge in [-0.3, -0.25) is 0 Å². The minimum Gasteiger partial charge on any atom is -0.496 e. The smallest absolute Gasteiger partial charge is 0.123 e. The summed E-state index contributed by atoms with van der Waals surface area (Å²) in [6.07, 6.45) is 3.66. The van der Waals surface area contributed by atoms with Crippen LogP contribution in [0, 0.1) is 0 Å². The summed E-state index contributed by atoms with van der Waals surface area (Å²) in [6.45, 7) is 6.84. The Hall–Kier alpha value is -1.02. The van der Waals surface area contributed by atoms with E-state index in [1.165, 1.54) is 18.4 Å². The van der Waals surface area contributed by atoms with Crippen molar-refractivity contribution in [3.8, 4) is 5.75 Å². The second-order valence-corrected chi connectivity index (χ2v) is 5.89. The van der Waals surface area contributed by atoms with Crippen LogP contribution in [0.15, 0.2) is 24.3 Å². The molecule has 1 saturated heterocycles. The molecule has 0 bridgehead atoms. The van der Waals surface area contributed by atoms with E-state index in [-0.39, 0.29) is 11.1 Å². The van der Waals surface area contributed by atoms with E-state index in [0.29, 0.717) is 0 Å². The van der Waals surface area contributed by atoms with Crippen LogP contribution in [0.5, 0.6) is 5.75 Å². The molecule has 17 heavy (non-hydrogen) atoms. The first-order valence-electron chi connectivity index (χ1n) is 6.40. The van der Waals surface area contributed by atoms with Crippen molar-refractivity contribution >= 4 is 0 Å². The monoisotopic (exact) mass is 233 g/mol. The predicted molar refractivity (Wildman–Crippen MR) is 71.4 cm³/mol. The molecule has 0 saturated carbocycles. The van der Waals surface area contributed by atoms with E-state index in [2.05, 4.69) is 38.2 Å². The number of ether oxygens (including phenoxy) is 1. The molecule has 1 fully saturated rings. The number of hydrogen-bond donors (Lipinski definition) is 1. The highest BCUT2D eigenvalue weighted by Crippen LogP contribution is 2.39. The summed E-state index contributed by atoms with van der Waals surface area (Å²) >= 11 is 0. The predicted octanol–water partition coefficient (Wildman–Crippen LogP) is 3.46. The number of para-hydroxylation sites is 1. The SMILES string of the molecule is COc1ccccc1C1(C)CCCC(C)(C)N1. The van der Waals surface area contributed by atoms with E-state index in [4.69, 9.17) is 4.74 Å². The van der Waals surface area contributed by atoms with Gasteiger partial charge in [0.2, 0.25) is 0 Å². The molecular formula is C15H23NO. The zero-order valence-corrected chi connectivity index (χ0v) is 11.3. The van der Waals surface area contributed by atoms with Crippen LogP contribution in [0.4, 0.5) is 0 Å². The Labute approximate surface area is 104 Å². The van der Waals surface area contributed by atoms with Crippen LogP contribution in [0.3, 0.4) is 0 Å². The van der Waals surface area contributed by atoms with Gasteiger partial charge >= 0.3 is 0 Å². The number of piperidine rings is 1. The Morgan fingerprint density at radius 2 is 1.82 bits per heavy atom. The normalized spacial score (nSPS) is 27.8. The van der Waals surface area contributed by atoms with Gasteiger partial charge in [-0.2, -0.15) is 0 Å². The van der Waals surface area contributed by atoms with Gasteiger partial charge in [0.15, 0.2) is 0 Å². The van der Waals surface area contributed by atoms with Crippen molar-refractivity contribution in [1.29, 1.82) is 0 Å². The first-order valence-corrected chi connectivity index (χ1v) is 6.40. The largest absolute Gasteiger partial charge is 0.496 e. The average Bonchev–Trinajstić information content (AvgIpc) is 2.27. The van der Waals surface area contributed by atoms with E-state index in [1.54, 1.807) is 7.11 Å².